The van der Waals surface area contributed by atoms with Gasteiger partial charge < -0.3 is 15.0 Å². The maximum absolute atomic E-state index is 13.8. The van der Waals surface area contributed by atoms with Gasteiger partial charge in [-0.05, 0) is 54.3 Å². The maximum Gasteiger partial charge on any atom is 0.304 e. The predicted octanol–water partition coefficient (Wildman–Crippen LogP) is 3.03. The predicted molar refractivity (Wildman–Crippen MR) is 142 cm³/mol. The van der Waals surface area contributed by atoms with E-state index in [0.717, 1.165) is 20.7 Å². The number of halogens is 1. The first kappa shape index (κ1) is 30.0. The van der Waals surface area contributed by atoms with Gasteiger partial charge in [-0.25, -0.2) is 8.70 Å². The van der Waals surface area contributed by atoms with E-state index in [2.05, 4.69) is 5.32 Å². The van der Waals surface area contributed by atoms with E-state index in [4.69, 9.17) is 4.74 Å². The van der Waals surface area contributed by atoms with Crippen LogP contribution in [0.25, 0.3) is 0 Å². The van der Waals surface area contributed by atoms with Crippen molar-refractivity contribution in [1.82, 2.24) is 14.5 Å². The summed E-state index contributed by atoms with van der Waals surface area (Å²) in [6.45, 7) is 5.64. The van der Waals surface area contributed by atoms with Gasteiger partial charge >= 0.3 is 10.2 Å². The number of nitrogens with one attached hydrogen (secondary N) is 1. The summed E-state index contributed by atoms with van der Waals surface area (Å²) in [5, 5.41) is 2.88. The minimum absolute atomic E-state index is 0.0584. The lowest BCUT2D eigenvalue weighted by Crippen LogP contribution is -2.53. The molecular weight excluding hydrogens is 499 g/mol. The van der Waals surface area contributed by atoms with Gasteiger partial charge in [0.15, 0.2) is 0 Å². The van der Waals surface area contributed by atoms with Crippen LogP contribution in [0.15, 0.2) is 48.5 Å². The number of rotatable bonds is 13. The Morgan fingerprint density at radius 2 is 1.73 bits per heavy atom. The van der Waals surface area contributed by atoms with E-state index in [1.807, 2.05) is 13.8 Å². The lowest BCUT2D eigenvalue weighted by molar-refractivity contribution is -0.140. The summed E-state index contributed by atoms with van der Waals surface area (Å²) in [6.07, 6.45) is 0.316. The number of hydrogen-bond donors (Lipinski definition) is 1. The van der Waals surface area contributed by atoms with Crippen LogP contribution >= 0.6 is 0 Å². The third-order valence-electron chi connectivity index (χ3n) is 5.69. The summed E-state index contributed by atoms with van der Waals surface area (Å²) < 4.78 is 47.1. The highest BCUT2D eigenvalue weighted by Crippen LogP contribution is 2.22. The quantitative estimate of drug-likeness (QED) is 0.424. The molecule has 0 aliphatic heterocycles. The van der Waals surface area contributed by atoms with Crippen LogP contribution in [0.2, 0.25) is 0 Å². The molecule has 0 aromatic heterocycles. The fourth-order valence-corrected chi connectivity index (χ4v) is 4.69. The SMILES string of the molecule is CCC(C(=O)NCC(C)C)N(Cc1cccc(OC)c1)C(=O)CN(c1ccc(F)cc1)S(=O)(=O)N(C)C. The molecular formula is C26H37FN4O5S. The summed E-state index contributed by atoms with van der Waals surface area (Å²) >= 11 is 0. The van der Waals surface area contributed by atoms with Gasteiger partial charge in [0.1, 0.15) is 24.2 Å². The summed E-state index contributed by atoms with van der Waals surface area (Å²) in [5.74, 6) is -0.640. The Kier molecular flexibility index (Phi) is 10.9. The second-order valence-corrected chi connectivity index (χ2v) is 11.3. The van der Waals surface area contributed by atoms with Crippen molar-refractivity contribution in [3.05, 3.63) is 59.9 Å². The van der Waals surface area contributed by atoms with E-state index in [-0.39, 0.29) is 24.1 Å². The first-order chi connectivity index (χ1) is 17.4. The van der Waals surface area contributed by atoms with Crippen molar-refractivity contribution in [1.29, 1.82) is 0 Å². The van der Waals surface area contributed by atoms with Gasteiger partial charge in [0.25, 0.3) is 0 Å². The van der Waals surface area contributed by atoms with Gasteiger partial charge in [-0.2, -0.15) is 12.7 Å². The van der Waals surface area contributed by atoms with Crippen molar-refractivity contribution in [3.63, 3.8) is 0 Å². The highest BCUT2D eigenvalue weighted by Gasteiger charge is 2.33. The number of benzene rings is 2. The molecule has 0 aliphatic rings. The molecule has 0 bridgehead atoms. The lowest BCUT2D eigenvalue weighted by Gasteiger charge is -2.34. The molecule has 0 saturated heterocycles. The van der Waals surface area contributed by atoms with E-state index in [9.17, 15) is 22.4 Å². The number of hydrogen-bond acceptors (Lipinski definition) is 5. The molecule has 1 atom stereocenters. The Morgan fingerprint density at radius 1 is 1.08 bits per heavy atom. The molecule has 11 heteroatoms. The molecule has 204 valence electrons. The second-order valence-electron chi connectivity index (χ2n) is 9.21. The summed E-state index contributed by atoms with van der Waals surface area (Å²) in [5.41, 5.74) is 0.841. The van der Waals surface area contributed by atoms with Crippen LogP contribution < -0.4 is 14.4 Å². The molecule has 2 aromatic carbocycles. The van der Waals surface area contributed by atoms with Crippen molar-refractivity contribution in [2.75, 3.05) is 38.6 Å². The first-order valence-corrected chi connectivity index (χ1v) is 13.5. The minimum atomic E-state index is -4.11. The molecule has 0 heterocycles. The summed E-state index contributed by atoms with van der Waals surface area (Å²) in [4.78, 5) is 28.3. The number of nitrogens with zero attached hydrogens (tertiary/aromatic N) is 3. The molecule has 0 radical (unpaired) electrons. The number of ether oxygens (including phenoxy) is 1. The standard InChI is InChI=1S/C26H37FN4O5S/c1-7-24(26(33)28-16-19(2)3)30(17-20-9-8-10-23(15-20)36-6)25(32)18-31(37(34,35)29(4)5)22-13-11-21(27)12-14-22/h8-15,19,24H,7,16-18H2,1-6H3,(H,28,33). The summed E-state index contributed by atoms with van der Waals surface area (Å²) in [7, 11) is 0.107. The number of amides is 2. The van der Waals surface area contributed by atoms with Crippen molar-refractivity contribution in [2.24, 2.45) is 5.92 Å². The molecule has 1 N–H and O–H groups in total. The van der Waals surface area contributed by atoms with Crippen LogP contribution in [0, 0.1) is 11.7 Å². The van der Waals surface area contributed by atoms with E-state index in [1.54, 1.807) is 31.2 Å². The van der Waals surface area contributed by atoms with E-state index in [0.29, 0.717) is 24.3 Å². The molecule has 0 spiro atoms. The van der Waals surface area contributed by atoms with Gasteiger partial charge in [0.2, 0.25) is 11.8 Å². The van der Waals surface area contributed by atoms with Gasteiger partial charge in [-0.15, -0.1) is 0 Å². The van der Waals surface area contributed by atoms with Crippen LogP contribution in [0.4, 0.5) is 10.1 Å². The number of carbonyl (C=O) groups is 2. The van der Waals surface area contributed by atoms with Crippen LogP contribution in [0.1, 0.15) is 32.8 Å². The molecule has 2 rings (SSSR count). The Morgan fingerprint density at radius 3 is 2.27 bits per heavy atom. The zero-order valence-corrected chi connectivity index (χ0v) is 23.1. The largest absolute Gasteiger partial charge is 0.497 e. The number of anilines is 1. The van der Waals surface area contributed by atoms with Crippen molar-refractivity contribution in [2.45, 2.75) is 39.8 Å². The Bertz CT molecular complexity index is 1160. The van der Waals surface area contributed by atoms with E-state index in [1.165, 1.54) is 38.2 Å². The number of carbonyl (C=O) groups excluding carboxylic acids is 2. The number of methoxy groups -OCH3 is 1. The molecule has 0 saturated carbocycles. The minimum Gasteiger partial charge on any atom is -0.497 e. The van der Waals surface area contributed by atoms with Gasteiger partial charge in [0, 0.05) is 27.2 Å². The zero-order chi connectivity index (χ0) is 27.8. The average molecular weight is 537 g/mol. The Labute approximate surface area is 219 Å². The fraction of sp³-hybridized carbons (Fsp3) is 0.462. The topological polar surface area (TPSA) is 99.3 Å². The fourth-order valence-electron chi connectivity index (χ4n) is 3.63. The maximum atomic E-state index is 13.8. The highest BCUT2D eigenvalue weighted by molar-refractivity contribution is 7.90. The average Bonchev–Trinajstić information content (AvgIpc) is 2.86. The Hall–Kier alpha value is -3.18. The second kappa shape index (κ2) is 13.4. The summed E-state index contributed by atoms with van der Waals surface area (Å²) in [6, 6.07) is 11.1. The molecule has 37 heavy (non-hydrogen) atoms. The van der Waals surface area contributed by atoms with Gasteiger partial charge in [-0.3, -0.25) is 9.59 Å². The third-order valence-corrected chi connectivity index (χ3v) is 7.51. The van der Waals surface area contributed by atoms with Crippen molar-refractivity contribution < 1.29 is 27.1 Å². The molecule has 0 fully saturated rings. The van der Waals surface area contributed by atoms with Crippen LogP contribution in [0.3, 0.4) is 0 Å². The highest BCUT2D eigenvalue weighted by atomic mass is 32.2. The van der Waals surface area contributed by atoms with Crippen LogP contribution in [-0.4, -0.2) is 69.8 Å². The lowest BCUT2D eigenvalue weighted by atomic mass is 10.1. The van der Waals surface area contributed by atoms with Crippen LogP contribution in [-0.2, 0) is 26.3 Å². The normalized spacial score (nSPS) is 12.4. The van der Waals surface area contributed by atoms with Gasteiger partial charge in [-0.1, -0.05) is 32.9 Å². The van der Waals surface area contributed by atoms with Crippen LogP contribution in [0.5, 0.6) is 5.75 Å². The zero-order valence-electron chi connectivity index (χ0n) is 22.3. The monoisotopic (exact) mass is 536 g/mol. The van der Waals surface area contributed by atoms with Crippen molar-refractivity contribution in [3.8, 4) is 5.75 Å². The van der Waals surface area contributed by atoms with E-state index < -0.39 is 34.5 Å². The molecule has 2 aromatic rings. The molecule has 1 unspecified atom stereocenters. The smallest absolute Gasteiger partial charge is 0.304 e. The van der Waals surface area contributed by atoms with Crippen molar-refractivity contribution >= 4 is 27.7 Å². The first-order valence-electron chi connectivity index (χ1n) is 12.1. The molecule has 2 amide bonds. The van der Waals surface area contributed by atoms with E-state index >= 15 is 0 Å². The Balaban J connectivity index is 2.49. The molecule has 9 nitrogen and oxygen atoms in total. The third kappa shape index (κ3) is 8.16. The van der Waals surface area contributed by atoms with Gasteiger partial charge in [0.05, 0.1) is 12.8 Å². The molecule has 0 aliphatic carbocycles.